The third-order valence-electron chi connectivity index (χ3n) is 3.59. The molecular weight excluding hydrogens is 244 g/mol. The Kier molecular flexibility index (Phi) is 4.00. The molecule has 1 aliphatic rings. The quantitative estimate of drug-likeness (QED) is 0.844. The van der Waals surface area contributed by atoms with Gasteiger partial charge in [-0.3, -0.25) is 9.59 Å². The number of rotatable bonds is 3. The van der Waals surface area contributed by atoms with E-state index in [4.69, 9.17) is 4.74 Å². The van der Waals surface area contributed by atoms with Crippen molar-refractivity contribution in [2.75, 3.05) is 6.61 Å². The van der Waals surface area contributed by atoms with E-state index in [0.29, 0.717) is 18.6 Å². The normalized spacial score (nSPS) is 27.1. The van der Waals surface area contributed by atoms with Crippen molar-refractivity contribution in [1.82, 2.24) is 0 Å². The molecule has 4 nitrogen and oxygen atoms in total. The Bertz CT molecular complexity index is 468. The van der Waals surface area contributed by atoms with E-state index in [2.05, 4.69) is 0 Å². The van der Waals surface area contributed by atoms with Crippen LogP contribution in [-0.2, 0) is 19.9 Å². The lowest BCUT2D eigenvalue weighted by Crippen LogP contribution is -2.43. The molecule has 19 heavy (non-hydrogen) atoms. The van der Waals surface area contributed by atoms with Crippen LogP contribution in [0, 0.1) is 5.92 Å². The number of carbonyl (C=O) groups is 2. The van der Waals surface area contributed by atoms with E-state index in [0.717, 1.165) is 0 Å². The van der Waals surface area contributed by atoms with Crippen molar-refractivity contribution in [3.8, 4) is 0 Å². The Morgan fingerprint density at radius 2 is 2.11 bits per heavy atom. The summed E-state index contributed by atoms with van der Waals surface area (Å²) < 4.78 is 4.98. The van der Waals surface area contributed by atoms with Gasteiger partial charge in [-0.15, -0.1) is 0 Å². The lowest BCUT2D eigenvalue weighted by Gasteiger charge is -2.34. The van der Waals surface area contributed by atoms with Crippen LogP contribution in [0.2, 0.25) is 0 Å². The van der Waals surface area contributed by atoms with Crippen LogP contribution < -0.4 is 0 Å². The molecule has 0 amide bonds. The van der Waals surface area contributed by atoms with Crippen LogP contribution in [0.15, 0.2) is 30.3 Å². The maximum atomic E-state index is 12.0. The minimum absolute atomic E-state index is 0.106. The summed E-state index contributed by atoms with van der Waals surface area (Å²) in [6.07, 6.45) is 0.760. The molecule has 0 heterocycles. The summed E-state index contributed by atoms with van der Waals surface area (Å²) in [5.41, 5.74) is -1.01. The lowest BCUT2D eigenvalue weighted by molar-refractivity contribution is -0.158. The summed E-state index contributed by atoms with van der Waals surface area (Å²) in [6.45, 7) is 2.06. The largest absolute Gasteiger partial charge is 0.466 e. The van der Waals surface area contributed by atoms with Gasteiger partial charge in [0.25, 0.3) is 0 Å². The molecule has 0 spiro atoms. The molecule has 1 fully saturated rings. The third kappa shape index (κ3) is 2.68. The van der Waals surface area contributed by atoms with Crippen molar-refractivity contribution in [3.63, 3.8) is 0 Å². The zero-order chi connectivity index (χ0) is 13.9. The van der Waals surface area contributed by atoms with Crippen molar-refractivity contribution in [2.24, 2.45) is 5.92 Å². The summed E-state index contributed by atoms with van der Waals surface area (Å²) >= 11 is 0. The second-order valence-corrected chi connectivity index (χ2v) is 4.84. The number of aliphatic hydroxyl groups is 1. The van der Waals surface area contributed by atoms with Gasteiger partial charge >= 0.3 is 5.97 Å². The Morgan fingerprint density at radius 1 is 1.42 bits per heavy atom. The van der Waals surface area contributed by atoms with E-state index in [9.17, 15) is 14.7 Å². The van der Waals surface area contributed by atoms with E-state index < -0.39 is 11.5 Å². The molecule has 102 valence electrons. The van der Waals surface area contributed by atoms with Crippen LogP contribution in [-0.4, -0.2) is 23.5 Å². The van der Waals surface area contributed by atoms with E-state index in [1.165, 1.54) is 0 Å². The number of hydrogen-bond acceptors (Lipinski definition) is 4. The van der Waals surface area contributed by atoms with Crippen molar-refractivity contribution < 1.29 is 19.4 Å². The van der Waals surface area contributed by atoms with Crippen LogP contribution in [0.1, 0.15) is 31.7 Å². The summed E-state index contributed by atoms with van der Waals surface area (Å²) in [4.78, 5) is 23.8. The first kappa shape index (κ1) is 13.7. The summed E-state index contributed by atoms with van der Waals surface area (Å²) in [5, 5.41) is 10.6. The minimum atomic E-state index is -1.56. The topological polar surface area (TPSA) is 63.6 Å². The molecule has 0 saturated heterocycles. The van der Waals surface area contributed by atoms with Gasteiger partial charge in [0.1, 0.15) is 5.60 Å². The Hall–Kier alpha value is -1.68. The standard InChI is InChI=1S/C15H18O4/c1-2-19-14(17)11-8-9-13(16)15(18,10-11)12-6-4-3-5-7-12/h3-7,11,18H,2,8-10H2,1H3/t11-,15-/m0/s1. The highest BCUT2D eigenvalue weighted by Gasteiger charge is 2.45. The van der Waals surface area contributed by atoms with Crippen molar-refractivity contribution in [1.29, 1.82) is 0 Å². The fourth-order valence-electron chi connectivity index (χ4n) is 2.54. The van der Waals surface area contributed by atoms with Crippen molar-refractivity contribution in [2.45, 2.75) is 31.8 Å². The van der Waals surface area contributed by atoms with Crippen molar-refractivity contribution >= 4 is 11.8 Å². The first-order chi connectivity index (χ1) is 9.08. The van der Waals surface area contributed by atoms with Gasteiger partial charge in [-0.25, -0.2) is 0 Å². The molecule has 4 heteroatoms. The van der Waals surface area contributed by atoms with Gasteiger partial charge in [0.2, 0.25) is 0 Å². The maximum absolute atomic E-state index is 12.0. The van der Waals surface area contributed by atoms with Gasteiger partial charge in [0, 0.05) is 12.8 Å². The van der Waals surface area contributed by atoms with Gasteiger partial charge in [-0.1, -0.05) is 30.3 Å². The van der Waals surface area contributed by atoms with Gasteiger partial charge in [0.05, 0.1) is 12.5 Å². The predicted octanol–water partition coefficient (Wildman–Crippen LogP) is 1.81. The van der Waals surface area contributed by atoms with Gasteiger partial charge < -0.3 is 9.84 Å². The Labute approximate surface area is 112 Å². The number of ketones is 1. The molecule has 1 saturated carbocycles. The van der Waals surface area contributed by atoms with Crippen LogP contribution in [0.4, 0.5) is 0 Å². The van der Waals surface area contributed by atoms with Crippen LogP contribution in [0.5, 0.6) is 0 Å². The van der Waals surface area contributed by atoms with E-state index in [1.807, 2.05) is 6.07 Å². The first-order valence-electron chi connectivity index (χ1n) is 6.55. The number of benzene rings is 1. The van der Waals surface area contributed by atoms with Crippen molar-refractivity contribution in [3.05, 3.63) is 35.9 Å². The molecule has 2 rings (SSSR count). The number of carbonyl (C=O) groups excluding carboxylic acids is 2. The summed E-state index contributed by atoms with van der Waals surface area (Å²) in [5.74, 6) is -0.966. The van der Waals surface area contributed by atoms with E-state index in [1.54, 1.807) is 31.2 Å². The lowest BCUT2D eigenvalue weighted by atomic mass is 9.73. The molecular formula is C15H18O4. The molecule has 0 aromatic heterocycles. The maximum Gasteiger partial charge on any atom is 0.309 e. The zero-order valence-corrected chi connectivity index (χ0v) is 11.0. The molecule has 1 aromatic carbocycles. The minimum Gasteiger partial charge on any atom is -0.466 e. The van der Waals surface area contributed by atoms with Crippen LogP contribution >= 0.6 is 0 Å². The zero-order valence-electron chi connectivity index (χ0n) is 11.0. The highest BCUT2D eigenvalue weighted by atomic mass is 16.5. The van der Waals surface area contributed by atoms with Gasteiger partial charge in [-0.2, -0.15) is 0 Å². The molecule has 0 unspecified atom stereocenters. The average molecular weight is 262 g/mol. The van der Waals surface area contributed by atoms with Gasteiger partial charge in [0.15, 0.2) is 5.78 Å². The number of hydrogen-bond donors (Lipinski definition) is 1. The van der Waals surface area contributed by atoms with Crippen LogP contribution in [0.3, 0.4) is 0 Å². The third-order valence-corrected chi connectivity index (χ3v) is 3.59. The molecule has 1 N–H and O–H groups in total. The fraction of sp³-hybridized carbons (Fsp3) is 0.467. The molecule has 1 aromatic rings. The van der Waals surface area contributed by atoms with E-state index >= 15 is 0 Å². The SMILES string of the molecule is CCOC(=O)[C@H]1CCC(=O)[C@@](O)(c2ccccc2)C1. The fourth-order valence-corrected chi connectivity index (χ4v) is 2.54. The smallest absolute Gasteiger partial charge is 0.309 e. The van der Waals surface area contributed by atoms with Crippen LogP contribution in [0.25, 0.3) is 0 Å². The summed E-state index contributed by atoms with van der Waals surface area (Å²) in [6, 6.07) is 8.79. The molecule has 0 radical (unpaired) electrons. The summed E-state index contributed by atoms with van der Waals surface area (Å²) in [7, 11) is 0. The molecule has 0 aliphatic heterocycles. The molecule has 0 bridgehead atoms. The Morgan fingerprint density at radius 3 is 2.74 bits per heavy atom. The van der Waals surface area contributed by atoms with E-state index in [-0.39, 0.29) is 24.6 Å². The molecule has 2 atom stereocenters. The average Bonchev–Trinajstić information content (AvgIpc) is 2.43. The first-order valence-corrected chi connectivity index (χ1v) is 6.55. The predicted molar refractivity (Wildman–Crippen MR) is 69.3 cm³/mol. The number of ether oxygens (including phenoxy) is 1. The highest BCUT2D eigenvalue weighted by Crippen LogP contribution is 2.37. The monoisotopic (exact) mass is 262 g/mol. The van der Waals surface area contributed by atoms with Gasteiger partial charge in [-0.05, 0) is 18.9 Å². The second-order valence-electron chi connectivity index (χ2n) is 4.84. The molecule has 1 aliphatic carbocycles. The number of esters is 1. The Balaban J connectivity index is 2.23. The second kappa shape index (κ2) is 5.53. The number of Topliss-reactive ketones (excluding diaryl/α,β-unsaturated/α-hetero) is 1. The highest BCUT2D eigenvalue weighted by molar-refractivity contribution is 5.90.